The fourth-order valence-corrected chi connectivity index (χ4v) is 1.83. The van der Waals surface area contributed by atoms with Crippen LogP contribution in [0, 0.1) is 0 Å². The normalized spacial score (nSPS) is 23.1. The summed E-state index contributed by atoms with van der Waals surface area (Å²) in [6.07, 6.45) is 7.62. The van der Waals surface area contributed by atoms with Crippen LogP contribution >= 0.6 is 0 Å². The van der Waals surface area contributed by atoms with Crippen LogP contribution in [-0.2, 0) is 7.05 Å². The largest absolute Gasteiger partial charge is 0.352 e. The summed E-state index contributed by atoms with van der Waals surface area (Å²) < 4.78 is 2.02. The van der Waals surface area contributed by atoms with E-state index in [0.29, 0.717) is 6.04 Å². The number of aromatic nitrogens is 2. The number of anilines is 1. The first-order valence-corrected chi connectivity index (χ1v) is 5.31. The molecule has 2 heterocycles. The van der Waals surface area contributed by atoms with Gasteiger partial charge in [-0.05, 0) is 19.4 Å². The van der Waals surface area contributed by atoms with E-state index in [4.69, 9.17) is 0 Å². The lowest BCUT2D eigenvalue weighted by atomic mass is 10.1. The Balaban J connectivity index is 1.92. The van der Waals surface area contributed by atoms with Crippen molar-refractivity contribution < 1.29 is 0 Å². The zero-order valence-electron chi connectivity index (χ0n) is 8.66. The molecule has 0 amide bonds. The Morgan fingerprint density at radius 1 is 1.57 bits per heavy atom. The summed E-state index contributed by atoms with van der Waals surface area (Å²) in [6, 6.07) is 0.526. The molecule has 1 saturated heterocycles. The highest BCUT2D eigenvalue weighted by Crippen LogP contribution is 2.10. The molecule has 1 atom stereocenters. The summed E-state index contributed by atoms with van der Waals surface area (Å²) in [5, 5.41) is 6.89. The second kappa shape index (κ2) is 4.46. The van der Waals surface area contributed by atoms with Gasteiger partial charge in [-0.25, -0.2) is 4.98 Å². The van der Waals surface area contributed by atoms with E-state index in [0.717, 1.165) is 19.0 Å². The lowest BCUT2D eigenvalue weighted by Gasteiger charge is -2.16. The number of hydrogen-bond acceptors (Lipinski definition) is 3. The SMILES string of the molecule is Cn1ccnc1NC1CCCCNC1. The molecule has 1 fully saturated rings. The van der Waals surface area contributed by atoms with Crippen LogP contribution in [0.3, 0.4) is 0 Å². The molecule has 1 aromatic heterocycles. The molecule has 2 rings (SSSR count). The maximum absolute atomic E-state index is 4.26. The molecule has 1 aromatic rings. The van der Waals surface area contributed by atoms with Gasteiger partial charge in [-0.1, -0.05) is 6.42 Å². The van der Waals surface area contributed by atoms with E-state index in [1.165, 1.54) is 19.3 Å². The lowest BCUT2D eigenvalue weighted by molar-refractivity contribution is 0.627. The van der Waals surface area contributed by atoms with E-state index in [1.54, 1.807) is 0 Å². The summed E-state index contributed by atoms with van der Waals surface area (Å²) in [5.41, 5.74) is 0. The number of rotatable bonds is 2. The van der Waals surface area contributed by atoms with Crippen LogP contribution < -0.4 is 10.6 Å². The van der Waals surface area contributed by atoms with Gasteiger partial charge >= 0.3 is 0 Å². The summed E-state index contributed by atoms with van der Waals surface area (Å²) >= 11 is 0. The van der Waals surface area contributed by atoms with Crippen LogP contribution in [0.1, 0.15) is 19.3 Å². The van der Waals surface area contributed by atoms with Gasteiger partial charge in [-0.2, -0.15) is 0 Å². The molecule has 14 heavy (non-hydrogen) atoms. The second-order valence-corrected chi connectivity index (χ2v) is 3.90. The third kappa shape index (κ3) is 2.26. The van der Waals surface area contributed by atoms with E-state index in [1.807, 2.05) is 24.0 Å². The van der Waals surface area contributed by atoms with Gasteiger partial charge in [0.15, 0.2) is 0 Å². The fraction of sp³-hybridized carbons (Fsp3) is 0.700. The number of nitrogens with one attached hydrogen (secondary N) is 2. The molecule has 78 valence electrons. The van der Waals surface area contributed by atoms with Crippen molar-refractivity contribution in [1.82, 2.24) is 14.9 Å². The van der Waals surface area contributed by atoms with Crippen molar-refractivity contribution in [1.29, 1.82) is 0 Å². The molecule has 0 radical (unpaired) electrons. The molecule has 0 spiro atoms. The predicted octanol–water partition coefficient (Wildman–Crippen LogP) is 0.974. The number of aryl methyl sites for hydroxylation is 1. The average molecular weight is 194 g/mol. The summed E-state index contributed by atoms with van der Waals surface area (Å²) in [5.74, 6) is 0.971. The van der Waals surface area contributed by atoms with Crippen molar-refractivity contribution in [3.63, 3.8) is 0 Å². The van der Waals surface area contributed by atoms with E-state index in [-0.39, 0.29) is 0 Å². The van der Waals surface area contributed by atoms with Gasteiger partial charge in [0, 0.05) is 32.0 Å². The number of nitrogens with zero attached hydrogens (tertiary/aromatic N) is 2. The van der Waals surface area contributed by atoms with E-state index in [9.17, 15) is 0 Å². The second-order valence-electron chi connectivity index (χ2n) is 3.90. The van der Waals surface area contributed by atoms with Crippen molar-refractivity contribution in [2.24, 2.45) is 7.05 Å². The van der Waals surface area contributed by atoms with E-state index >= 15 is 0 Å². The Morgan fingerprint density at radius 2 is 2.50 bits per heavy atom. The van der Waals surface area contributed by atoms with Gasteiger partial charge in [0.2, 0.25) is 5.95 Å². The lowest BCUT2D eigenvalue weighted by Crippen LogP contribution is -2.31. The van der Waals surface area contributed by atoms with Crippen LogP contribution in [-0.4, -0.2) is 28.7 Å². The van der Waals surface area contributed by atoms with Crippen molar-refractivity contribution in [2.75, 3.05) is 18.4 Å². The molecule has 1 unspecified atom stereocenters. The molecule has 0 aromatic carbocycles. The molecular formula is C10H18N4. The molecule has 0 saturated carbocycles. The Morgan fingerprint density at radius 3 is 3.29 bits per heavy atom. The standard InChI is InChI=1S/C10H18N4/c1-14-7-6-12-10(14)13-9-4-2-3-5-11-8-9/h6-7,9,11H,2-5,8H2,1H3,(H,12,13). The highest BCUT2D eigenvalue weighted by Gasteiger charge is 2.12. The Bertz CT molecular complexity index is 273. The zero-order chi connectivity index (χ0) is 9.80. The van der Waals surface area contributed by atoms with Gasteiger partial charge in [0.1, 0.15) is 0 Å². The van der Waals surface area contributed by atoms with Gasteiger partial charge in [0.05, 0.1) is 0 Å². The minimum absolute atomic E-state index is 0.526. The predicted molar refractivity (Wildman–Crippen MR) is 57.3 cm³/mol. The summed E-state index contributed by atoms with van der Waals surface area (Å²) in [6.45, 7) is 2.20. The minimum atomic E-state index is 0.526. The molecule has 1 aliphatic heterocycles. The Labute approximate surface area is 84.7 Å². The first kappa shape index (κ1) is 9.52. The first-order chi connectivity index (χ1) is 6.86. The molecule has 0 bridgehead atoms. The highest BCUT2D eigenvalue weighted by atomic mass is 15.2. The van der Waals surface area contributed by atoms with Crippen molar-refractivity contribution in [3.05, 3.63) is 12.4 Å². The van der Waals surface area contributed by atoms with E-state index < -0.39 is 0 Å². The van der Waals surface area contributed by atoms with Gasteiger partial charge in [0.25, 0.3) is 0 Å². The van der Waals surface area contributed by atoms with Gasteiger partial charge in [-0.15, -0.1) is 0 Å². The van der Waals surface area contributed by atoms with Gasteiger partial charge in [-0.3, -0.25) is 0 Å². The molecule has 2 N–H and O–H groups in total. The summed E-state index contributed by atoms with van der Waals surface area (Å²) in [4.78, 5) is 4.26. The van der Waals surface area contributed by atoms with Crippen LogP contribution in [0.15, 0.2) is 12.4 Å². The Hall–Kier alpha value is -1.03. The topological polar surface area (TPSA) is 41.9 Å². The van der Waals surface area contributed by atoms with E-state index in [2.05, 4.69) is 15.6 Å². The maximum Gasteiger partial charge on any atom is 0.202 e. The smallest absolute Gasteiger partial charge is 0.202 e. The molecule has 0 aliphatic carbocycles. The molecule has 4 nitrogen and oxygen atoms in total. The molecule has 1 aliphatic rings. The van der Waals surface area contributed by atoms with Crippen LogP contribution in [0.25, 0.3) is 0 Å². The van der Waals surface area contributed by atoms with Crippen molar-refractivity contribution in [3.8, 4) is 0 Å². The molecule has 4 heteroatoms. The van der Waals surface area contributed by atoms with Crippen molar-refractivity contribution in [2.45, 2.75) is 25.3 Å². The quantitative estimate of drug-likeness (QED) is 0.737. The van der Waals surface area contributed by atoms with Crippen LogP contribution in [0.5, 0.6) is 0 Å². The monoisotopic (exact) mass is 194 g/mol. The average Bonchev–Trinajstić information content (AvgIpc) is 2.44. The third-order valence-electron chi connectivity index (χ3n) is 2.70. The zero-order valence-corrected chi connectivity index (χ0v) is 8.66. The highest BCUT2D eigenvalue weighted by molar-refractivity contribution is 5.27. The first-order valence-electron chi connectivity index (χ1n) is 5.31. The maximum atomic E-state index is 4.26. The van der Waals surface area contributed by atoms with Crippen LogP contribution in [0.2, 0.25) is 0 Å². The van der Waals surface area contributed by atoms with Crippen LogP contribution in [0.4, 0.5) is 5.95 Å². The Kier molecular flexibility index (Phi) is 3.03. The number of imidazole rings is 1. The number of hydrogen-bond donors (Lipinski definition) is 2. The third-order valence-corrected chi connectivity index (χ3v) is 2.70. The fourth-order valence-electron chi connectivity index (χ4n) is 1.83. The van der Waals surface area contributed by atoms with Crippen molar-refractivity contribution >= 4 is 5.95 Å². The van der Waals surface area contributed by atoms with Gasteiger partial charge < -0.3 is 15.2 Å². The molecular weight excluding hydrogens is 176 g/mol. The minimum Gasteiger partial charge on any atom is -0.352 e. The summed E-state index contributed by atoms with van der Waals surface area (Å²) in [7, 11) is 2.01.